The number of rotatable bonds is 5. The van der Waals surface area contributed by atoms with Crippen LogP contribution in [0.25, 0.3) is 0 Å². The van der Waals surface area contributed by atoms with Gasteiger partial charge in [0.15, 0.2) is 0 Å². The predicted molar refractivity (Wildman–Crippen MR) is 82.8 cm³/mol. The highest BCUT2D eigenvalue weighted by Crippen LogP contribution is 2.29. The molecule has 0 heterocycles. The van der Waals surface area contributed by atoms with Crippen molar-refractivity contribution in [1.82, 2.24) is 4.72 Å². The van der Waals surface area contributed by atoms with Crippen molar-refractivity contribution in [2.75, 3.05) is 0 Å². The molecule has 0 amide bonds. The summed E-state index contributed by atoms with van der Waals surface area (Å²) in [5.41, 5.74) is 4.81. The standard InChI is InChI=1S/C15H25FN2O2S/c1-14(2,3)10-15(4,5)18-21(19,20)13-8-6-7-12(16)11(13)9-17/h6-8,18H,9-10,17H2,1-5H3. The zero-order valence-electron chi connectivity index (χ0n) is 13.3. The third-order valence-corrected chi connectivity index (χ3v) is 4.74. The summed E-state index contributed by atoms with van der Waals surface area (Å²) in [4.78, 5) is -0.0908. The van der Waals surface area contributed by atoms with Gasteiger partial charge in [-0.1, -0.05) is 26.8 Å². The lowest BCUT2D eigenvalue weighted by molar-refractivity contribution is 0.269. The van der Waals surface area contributed by atoms with Crippen molar-refractivity contribution in [3.8, 4) is 0 Å². The molecule has 0 saturated heterocycles. The monoisotopic (exact) mass is 316 g/mol. The van der Waals surface area contributed by atoms with Crippen LogP contribution in [-0.4, -0.2) is 14.0 Å². The van der Waals surface area contributed by atoms with Crippen LogP contribution in [0, 0.1) is 11.2 Å². The minimum atomic E-state index is -3.83. The van der Waals surface area contributed by atoms with E-state index in [-0.39, 0.29) is 22.4 Å². The minimum absolute atomic E-state index is 0.0107. The van der Waals surface area contributed by atoms with Gasteiger partial charge < -0.3 is 5.73 Å². The molecule has 3 N–H and O–H groups in total. The van der Waals surface area contributed by atoms with Crippen LogP contribution < -0.4 is 10.5 Å². The van der Waals surface area contributed by atoms with E-state index in [1.165, 1.54) is 18.2 Å². The lowest BCUT2D eigenvalue weighted by Crippen LogP contribution is -2.46. The van der Waals surface area contributed by atoms with Crippen molar-refractivity contribution >= 4 is 10.0 Å². The highest BCUT2D eigenvalue weighted by atomic mass is 32.2. The molecule has 0 aliphatic rings. The van der Waals surface area contributed by atoms with Crippen LogP contribution in [0.5, 0.6) is 0 Å². The summed E-state index contributed by atoms with van der Waals surface area (Å²) in [5.74, 6) is -0.603. The molecule has 0 aromatic heterocycles. The third kappa shape index (κ3) is 5.05. The summed E-state index contributed by atoms with van der Waals surface area (Å²) in [6.45, 7) is 9.58. The minimum Gasteiger partial charge on any atom is -0.326 e. The average Bonchev–Trinajstić information content (AvgIpc) is 2.23. The highest BCUT2D eigenvalue weighted by molar-refractivity contribution is 7.89. The number of halogens is 1. The molecule has 1 rings (SSSR count). The summed E-state index contributed by atoms with van der Waals surface area (Å²) >= 11 is 0. The van der Waals surface area contributed by atoms with E-state index in [9.17, 15) is 12.8 Å². The van der Waals surface area contributed by atoms with E-state index in [0.717, 1.165) is 0 Å². The van der Waals surface area contributed by atoms with Gasteiger partial charge >= 0.3 is 0 Å². The van der Waals surface area contributed by atoms with Crippen LogP contribution in [0.4, 0.5) is 4.39 Å². The van der Waals surface area contributed by atoms with Gasteiger partial charge in [0.25, 0.3) is 0 Å². The predicted octanol–water partition coefficient (Wildman–Crippen LogP) is 2.78. The Hall–Kier alpha value is -0.980. The van der Waals surface area contributed by atoms with E-state index >= 15 is 0 Å². The van der Waals surface area contributed by atoms with Crippen LogP contribution in [0.15, 0.2) is 23.1 Å². The largest absolute Gasteiger partial charge is 0.326 e. The molecule has 0 fully saturated rings. The Labute approximate surface area is 127 Å². The lowest BCUT2D eigenvalue weighted by Gasteiger charge is -2.33. The van der Waals surface area contributed by atoms with Crippen molar-refractivity contribution in [2.45, 2.75) is 58.0 Å². The highest BCUT2D eigenvalue weighted by Gasteiger charge is 2.31. The second kappa shape index (κ2) is 6.02. The maximum atomic E-state index is 13.7. The van der Waals surface area contributed by atoms with Crippen molar-refractivity contribution in [1.29, 1.82) is 0 Å². The van der Waals surface area contributed by atoms with E-state index < -0.39 is 21.4 Å². The zero-order valence-corrected chi connectivity index (χ0v) is 14.1. The third-order valence-electron chi connectivity index (χ3n) is 2.95. The molecule has 0 unspecified atom stereocenters. The number of nitrogens with one attached hydrogen (secondary N) is 1. The quantitative estimate of drug-likeness (QED) is 0.877. The molecule has 0 radical (unpaired) electrons. The molecule has 0 aliphatic heterocycles. The Morgan fingerprint density at radius 1 is 1.19 bits per heavy atom. The average molecular weight is 316 g/mol. The molecule has 21 heavy (non-hydrogen) atoms. The number of nitrogens with two attached hydrogens (primary N) is 1. The SMILES string of the molecule is CC(C)(C)CC(C)(C)NS(=O)(=O)c1cccc(F)c1CN. The molecule has 0 bridgehead atoms. The Morgan fingerprint density at radius 3 is 2.24 bits per heavy atom. The summed E-state index contributed by atoms with van der Waals surface area (Å²) in [6.07, 6.45) is 0.645. The van der Waals surface area contributed by atoms with Crippen LogP contribution in [-0.2, 0) is 16.6 Å². The van der Waals surface area contributed by atoms with Crippen molar-refractivity contribution in [3.05, 3.63) is 29.6 Å². The van der Waals surface area contributed by atoms with Crippen LogP contribution >= 0.6 is 0 Å². The Kier molecular flexibility index (Phi) is 5.18. The molecule has 1 aromatic rings. The van der Waals surface area contributed by atoms with Gasteiger partial charge in [-0.3, -0.25) is 0 Å². The molecule has 0 aliphatic carbocycles. The molecule has 0 atom stereocenters. The van der Waals surface area contributed by atoms with Crippen LogP contribution in [0.2, 0.25) is 0 Å². The first kappa shape index (κ1) is 18.1. The topological polar surface area (TPSA) is 72.2 Å². The molecular formula is C15H25FN2O2S. The molecular weight excluding hydrogens is 291 g/mol. The smallest absolute Gasteiger partial charge is 0.241 e. The van der Waals surface area contributed by atoms with Gasteiger partial charge in [0.1, 0.15) is 5.82 Å². The molecule has 1 aromatic carbocycles. The summed E-state index contributed by atoms with van der Waals surface area (Å²) in [5, 5.41) is 0. The van der Waals surface area contributed by atoms with Gasteiger partial charge in [-0.25, -0.2) is 17.5 Å². The number of sulfonamides is 1. The first-order valence-corrected chi connectivity index (χ1v) is 8.38. The number of benzene rings is 1. The lowest BCUT2D eigenvalue weighted by atomic mass is 9.82. The fraction of sp³-hybridized carbons (Fsp3) is 0.600. The van der Waals surface area contributed by atoms with Gasteiger partial charge in [0.2, 0.25) is 10.0 Å². The van der Waals surface area contributed by atoms with Crippen LogP contribution in [0.1, 0.15) is 46.6 Å². The summed E-state index contributed by atoms with van der Waals surface area (Å²) < 4.78 is 41.4. The van der Waals surface area contributed by atoms with Gasteiger partial charge in [-0.15, -0.1) is 0 Å². The fourth-order valence-electron chi connectivity index (χ4n) is 2.77. The van der Waals surface area contributed by atoms with Crippen LogP contribution in [0.3, 0.4) is 0 Å². The molecule has 4 nitrogen and oxygen atoms in total. The van der Waals surface area contributed by atoms with Gasteiger partial charge in [-0.2, -0.15) is 0 Å². The second-order valence-corrected chi connectivity index (χ2v) is 8.80. The summed E-state index contributed by atoms with van der Waals surface area (Å²) in [7, 11) is -3.83. The van der Waals surface area contributed by atoms with Gasteiger partial charge in [0, 0.05) is 17.6 Å². The van der Waals surface area contributed by atoms with E-state index in [1.54, 1.807) is 0 Å². The molecule has 0 saturated carbocycles. The molecule has 6 heteroatoms. The van der Waals surface area contributed by atoms with E-state index in [0.29, 0.717) is 6.42 Å². The van der Waals surface area contributed by atoms with Crippen molar-refractivity contribution < 1.29 is 12.8 Å². The first-order chi connectivity index (χ1) is 9.38. The number of hydrogen-bond donors (Lipinski definition) is 2. The van der Waals surface area contributed by atoms with E-state index in [1.807, 2.05) is 34.6 Å². The molecule has 0 spiro atoms. The fourth-order valence-corrected chi connectivity index (χ4v) is 4.44. The van der Waals surface area contributed by atoms with Crippen molar-refractivity contribution in [3.63, 3.8) is 0 Å². The maximum Gasteiger partial charge on any atom is 0.241 e. The first-order valence-electron chi connectivity index (χ1n) is 6.89. The van der Waals surface area contributed by atoms with Crippen molar-refractivity contribution in [2.24, 2.45) is 11.1 Å². The Balaban J connectivity index is 3.16. The normalized spacial score (nSPS) is 13.5. The maximum absolute atomic E-state index is 13.7. The van der Waals surface area contributed by atoms with Gasteiger partial charge in [0.05, 0.1) is 4.90 Å². The second-order valence-electron chi connectivity index (χ2n) is 7.15. The Bertz CT molecular complexity index is 605. The van der Waals surface area contributed by atoms with E-state index in [2.05, 4.69) is 4.72 Å². The van der Waals surface area contributed by atoms with Gasteiger partial charge in [-0.05, 0) is 37.8 Å². The number of hydrogen-bond acceptors (Lipinski definition) is 3. The Morgan fingerprint density at radius 2 is 1.76 bits per heavy atom. The van der Waals surface area contributed by atoms with E-state index in [4.69, 9.17) is 5.73 Å². The summed E-state index contributed by atoms with van der Waals surface area (Å²) in [6, 6.07) is 3.96. The zero-order chi connectivity index (χ0) is 16.5. The molecule has 120 valence electrons.